The van der Waals surface area contributed by atoms with Crippen LogP contribution in [0.4, 0.5) is 0 Å². The highest BCUT2D eigenvalue weighted by atomic mass is 16.5. The van der Waals surface area contributed by atoms with Crippen molar-refractivity contribution < 1.29 is 9.53 Å². The third-order valence-electron chi connectivity index (χ3n) is 3.89. The number of carbonyl (C=O) groups excluding carboxylic acids is 1. The summed E-state index contributed by atoms with van der Waals surface area (Å²) in [5.41, 5.74) is 0.533. The molecule has 1 heterocycles. The molecule has 25 heavy (non-hydrogen) atoms. The van der Waals surface area contributed by atoms with E-state index in [9.17, 15) is 4.79 Å². The Kier molecular flexibility index (Phi) is 5.46. The van der Waals surface area contributed by atoms with Crippen LogP contribution in [0.15, 0.2) is 67.0 Å². The molecule has 128 valence electrons. The number of hydrogen-bond acceptors (Lipinski definition) is 3. The molecule has 0 unspecified atom stereocenters. The Hall–Kier alpha value is -3.08. The molecule has 3 rings (SSSR count). The molecule has 0 fully saturated rings. The predicted molar refractivity (Wildman–Crippen MR) is 96.9 cm³/mol. The van der Waals surface area contributed by atoms with Gasteiger partial charge in [-0.25, -0.2) is 4.98 Å². The van der Waals surface area contributed by atoms with E-state index in [4.69, 9.17) is 4.74 Å². The van der Waals surface area contributed by atoms with Crippen LogP contribution in [0.5, 0.6) is 11.5 Å². The number of rotatable bonds is 7. The third kappa shape index (κ3) is 4.47. The van der Waals surface area contributed by atoms with Crippen molar-refractivity contribution in [3.05, 3.63) is 78.4 Å². The van der Waals surface area contributed by atoms with Crippen LogP contribution in [0.25, 0.3) is 0 Å². The molecule has 0 saturated carbocycles. The number of aromatic nitrogens is 2. The minimum Gasteiger partial charge on any atom is -0.457 e. The van der Waals surface area contributed by atoms with E-state index in [-0.39, 0.29) is 5.91 Å². The molecule has 1 N–H and O–H groups in total. The van der Waals surface area contributed by atoms with Gasteiger partial charge in [-0.05, 0) is 37.6 Å². The number of para-hydroxylation sites is 2. The van der Waals surface area contributed by atoms with Gasteiger partial charge < -0.3 is 14.6 Å². The second kappa shape index (κ2) is 8.15. The molecule has 0 atom stereocenters. The molecular weight excluding hydrogens is 314 g/mol. The van der Waals surface area contributed by atoms with Crippen molar-refractivity contribution in [3.8, 4) is 11.5 Å². The van der Waals surface area contributed by atoms with E-state index in [2.05, 4.69) is 14.9 Å². The molecule has 2 aromatic carbocycles. The Balaban J connectivity index is 1.57. The summed E-state index contributed by atoms with van der Waals surface area (Å²) in [4.78, 5) is 16.7. The van der Waals surface area contributed by atoms with Gasteiger partial charge in [0.2, 0.25) is 0 Å². The van der Waals surface area contributed by atoms with E-state index in [0.717, 1.165) is 18.8 Å². The molecule has 0 bridgehead atoms. The molecule has 5 heteroatoms. The fourth-order valence-electron chi connectivity index (χ4n) is 2.55. The average Bonchev–Trinajstić information content (AvgIpc) is 3.05. The molecule has 3 aromatic rings. The van der Waals surface area contributed by atoms with Crippen LogP contribution in [0.2, 0.25) is 0 Å². The van der Waals surface area contributed by atoms with Crippen LogP contribution < -0.4 is 10.1 Å². The number of carbonyl (C=O) groups is 1. The SMILES string of the molecule is Cc1nccn1CCCNC(=O)c1ccccc1Oc1ccccc1. The van der Waals surface area contributed by atoms with Crippen LogP contribution in [-0.4, -0.2) is 22.0 Å². The van der Waals surface area contributed by atoms with E-state index in [1.165, 1.54) is 0 Å². The highest BCUT2D eigenvalue weighted by Crippen LogP contribution is 2.24. The van der Waals surface area contributed by atoms with Crippen LogP contribution in [0.1, 0.15) is 22.6 Å². The van der Waals surface area contributed by atoms with Crippen molar-refractivity contribution in [3.63, 3.8) is 0 Å². The summed E-state index contributed by atoms with van der Waals surface area (Å²) in [6, 6.07) is 16.7. The number of ether oxygens (including phenoxy) is 1. The van der Waals surface area contributed by atoms with Crippen LogP contribution in [0, 0.1) is 6.92 Å². The number of hydrogen-bond donors (Lipinski definition) is 1. The maximum atomic E-state index is 12.5. The number of aryl methyl sites for hydroxylation is 2. The van der Waals surface area contributed by atoms with E-state index in [0.29, 0.717) is 23.6 Å². The van der Waals surface area contributed by atoms with Gasteiger partial charge in [0, 0.05) is 25.5 Å². The zero-order valence-electron chi connectivity index (χ0n) is 14.2. The molecule has 0 spiro atoms. The van der Waals surface area contributed by atoms with E-state index in [1.807, 2.05) is 55.6 Å². The van der Waals surface area contributed by atoms with Gasteiger partial charge in [-0.15, -0.1) is 0 Å². The molecule has 0 aliphatic rings. The van der Waals surface area contributed by atoms with Crippen molar-refractivity contribution in [2.75, 3.05) is 6.54 Å². The first-order chi connectivity index (χ1) is 12.2. The smallest absolute Gasteiger partial charge is 0.255 e. The van der Waals surface area contributed by atoms with Crippen molar-refractivity contribution >= 4 is 5.91 Å². The first-order valence-corrected chi connectivity index (χ1v) is 8.32. The standard InChI is InChI=1S/C20H21N3O2/c1-16-21-13-15-23(16)14-7-12-22-20(24)18-10-5-6-11-19(18)25-17-8-3-2-4-9-17/h2-6,8-11,13,15H,7,12,14H2,1H3,(H,22,24). The van der Waals surface area contributed by atoms with Crippen molar-refractivity contribution in [1.82, 2.24) is 14.9 Å². The third-order valence-corrected chi connectivity index (χ3v) is 3.89. The van der Waals surface area contributed by atoms with Gasteiger partial charge in [0.05, 0.1) is 5.56 Å². The lowest BCUT2D eigenvalue weighted by molar-refractivity contribution is 0.0950. The largest absolute Gasteiger partial charge is 0.457 e. The van der Waals surface area contributed by atoms with Crippen molar-refractivity contribution in [1.29, 1.82) is 0 Å². The summed E-state index contributed by atoms with van der Waals surface area (Å²) in [5, 5.41) is 2.95. The Labute approximate surface area is 147 Å². The summed E-state index contributed by atoms with van der Waals surface area (Å²) >= 11 is 0. The van der Waals surface area contributed by atoms with Crippen LogP contribution in [-0.2, 0) is 6.54 Å². The molecule has 0 radical (unpaired) electrons. The topological polar surface area (TPSA) is 56.2 Å². The minimum absolute atomic E-state index is 0.131. The lowest BCUT2D eigenvalue weighted by Crippen LogP contribution is -2.25. The molecule has 5 nitrogen and oxygen atoms in total. The van der Waals surface area contributed by atoms with E-state index < -0.39 is 0 Å². The van der Waals surface area contributed by atoms with Gasteiger partial charge in [0.15, 0.2) is 0 Å². The Morgan fingerprint density at radius 2 is 1.88 bits per heavy atom. The summed E-state index contributed by atoms with van der Waals surface area (Å²) in [6.07, 6.45) is 4.57. The van der Waals surface area contributed by atoms with E-state index >= 15 is 0 Å². The van der Waals surface area contributed by atoms with Crippen LogP contribution >= 0.6 is 0 Å². The second-order valence-corrected chi connectivity index (χ2v) is 5.69. The minimum atomic E-state index is -0.131. The first-order valence-electron chi connectivity index (χ1n) is 8.32. The lowest BCUT2D eigenvalue weighted by Gasteiger charge is -2.11. The first kappa shape index (κ1) is 16.8. The maximum Gasteiger partial charge on any atom is 0.255 e. The molecule has 1 aromatic heterocycles. The van der Waals surface area contributed by atoms with Crippen molar-refractivity contribution in [2.45, 2.75) is 19.9 Å². The van der Waals surface area contributed by atoms with Gasteiger partial charge in [-0.1, -0.05) is 30.3 Å². The van der Waals surface area contributed by atoms with Gasteiger partial charge >= 0.3 is 0 Å². The fourth-order valence-corrected chi connectivity index (χ4v) is 2.55. The van der Waals surface area contributed by atoms with Crippen molar-refractivity contribution in [2.24, 2.45) is 0 Å². The number of benzene rings is 2. The monoisotopic (exact) mass is 335 g/mol. The Bertz CT molecular complexity index is 828. The van der Waals surface area contributed by atoms with Gasteiger partial charge in [-0.3, -0.25) is 4.79 Å². The number of nitrogens with zero attached hydrogens (tertiary/aromatic N) is 2. The average molecular weight is 335 g/mol. The molecule has 0 aliphatic carbocycles. The number of nitrogens with one attached hydrogen (secondary N) is 1. The quantitative estimate of drug-likeness (QED) is 0.668. The number of amides is 1. The Morgan fingerprint density at radius 3 is 2.64 bits per heavy atom. The van der Waals surface area contributed by atoms with Crippen LogP contribution in [0.3, 0.4) is 0 Å². The molecular formula is C20H21N3O2. The highest BCUT2D eigenvalue weighted by molar-refractivity contribution is 5.96. The zero-order valence-corrected chi connectivity index (χ0v) is 14.2. The summed E-state index contributed by atoms with van der Waals surface area (Å²) in [6.45, 7) is 3.39. The summed E-state index contributed by atoms with van der Waals surface area (Å²) in [7, 11) is 0. The molecule has 1 amide bonds. The molecule has 0 aliphatic heterocycles. The van der Waals surface area contributed by atoms with E-state index in [1.54, 1.807) is 18.3 Å². The number of imidazole rings is 1. The summed E-state index contributed by atoms with van der Waals surface area (Å²) < 4.78 is 7.91. The normalized spacial score (nSPS) is 10.4. The fraction of sp³-hybridized carbons (Fsp3) is 0.200. The Morgan fingerprint density at radius 1 is 1.12 bits per heavy atom. The maximum absolute atomic E-state index is 12.5. The highest BCUT2D eigenvalue weighted by Gasteiger charge is 2.12. The predicted octanol–water partition coefficient (Wildman–Crippen LogP) is 3.80. The molecule has 0 saturated heterocycles. The van der Waals surface area contributed by atoms with Gasteiger partial charge in [0.25, 0.3) is 5.91 Å². The second-order valence-electron chi connectivity index (χ2n) is 5.69. The zero-order chi connectivity index (χ0) is 17.5. The summed E-state index contributed by atoms with van der Waals surface area (Å²) in [5.74, 6) is 2.11. The lowest BCUT2D eigenvalue weighted by atomic mass is 10.2. The van der Waals surface area contributed by atoms with Gasteiger partial charge in [-0.2, -0.15) is 0 Å². The van der Waals surface area contributed by atoms with Gasteiger partial charge in [0.1, 0.15) is 17.3 Å².